The van der Waals surface area contributed by atoms with Crippen LogP contribution in [0.2, 0.25) is 0 Å². The molecule has 0 spiro atoms. The van der Waals surface area contributed by atoms with Gasteiger partial charge in [0.15, 0.2) is 0 Å². The first-order valence-corrected chi connectivity index (χ1v) is 13.9. The smallest absolute Gasteiger partial charge is 0.270 e. The molecule has 0 radical (unpaired) electrons. The highest BCUT2D eigenvalue weighted by atomic mass is 16.7. The number of carbonyl (C=O) groups excluding carboxylic acids is 3. The fourth-order valence-electron chi connectivity index (χ4n) is 5.51. The van der Waals surface area contributed by atoms with Gasteiger partial charge in [0.25, 0.3) is 5.91 Å². The molecule has 2 fully saturated rings. The molecule has 10 nitrogen and oxygen atoms in total. The van der Waals surface area contributed by atoms with Crippen LogP contribution in [0.5, 0.6) is 0 Å². The number of aromatic nitrogens is 1. The van der Waals surface area contributed by atoms with Crippen LogP contribution in [0.15, 0.2) is 78.9 Å². The van der Waals surface area contributed by atoms with E-state index in [-0.39, 0.29) is 24.3 Å². The maximum atomic E-state index is 13.6. The van der Waals surface area contributed by atoms with Crippen molar-refractivity contribution in [3.8, 4) is 0 Å². The van der Waals surface area contributed by atoms with E-state index in [9.17, 15) is 19.5 Å². The van der Waals surface area contributed by atoms with Crippen LogP contribution in [0.25, 0.3) is 10.9 Å². The van der Waals surface area contributed by atoms with E-state index >= 15 is 0 Å². The molecular weight excluding hydrogens is 522 g/mol. The SMILES string of the molecule is NC(=O)/C=C/C(NC(=O)c1ccc2ccccc2n1)C(=O)NC1([C@H](O)CNOC2CCCC2)C[C@H]1c1ccccc1. The van der Waals surface area contributed by atoms with E-state index in [2.05, 4.69) is 21.1 Å². The van der Waals surface area contributed by atoms with Crippen molar-refractivity contribution < 1.29 is 24.3 Å². The van der Waals surface area contributed by atoms with Gasteiger partial charge in [-0.2, -0.15) is 5.48 Å². The van der Waals surface area contributed by atoms with Crippen molar-refractivity contribution in [1.29, 1.82) is 0 Å². The summed E-state index contributed by atoms with van der Waals surface area (Å²) in [6.07, 6.45) is 6.04. The number of pyridine rings is 1. The molecule has 4 atom stereocenters. The van der Waals surface area contributed by atoms with Crippen molar-refractivity contribution in [2.24, 2.45) is 5.73 Å². The van der Waals surface area contributed by atoms with E-state index in [1.807, 2.05) is 48.5 Å². The summed E-state index contributed by atoms with van der Waals surface area (Å²) < 4.78 is 0. The number of aliphatic hydroxyl groups is 1. The lowest BCUT2D eigenvalue weighted by Gasteiger charge is -2.28. The number of nitrogens with zero attached hydrogens (tertiary/aromatic N) is 1. The molecule has 5 rings (SSSR count). The summed E-state index contributed by atoms with van der Waals surface area (Å²) in [5, 5.41) is 17.8. The number of amides is 3. The van der Waals surface area contributed by atoms with Gasteiger partial charge >= 0.3 is 0 Å². The summed E-state index contributed by atoms with van der Waals surface area (Å²) in [6, 6.07) is 19.1. The molecule has 1 heterocycles. The zero-order chi connectivity index (χ0) is 28.8. The van der Waals surface area contributed by atoms with Gasteiger partial charge in [0.05, 0.1) is 23.3 Å². The molecule has 2 aliphatic rings. The van der Waals surface area contributed by atoms with Crippen molar-refractivity contribution in [1.82, 2.24) is 21.1 Å². The summed E-state index contributed by atoms with van der Waals surface area (Å²) in [4.78, 5) is 48.4. The van der Waals surface area contributed by atoms with Gasteiger partial charge in [0.2, 0.25) is 11.8 Å². The molecule has 6 N–H and O–H groups in total. The number of para-hydroxylation sites is 1. The molecule has 41 heavy (non-hydrogen) atoms. The van der Waals surface area contributed by atoms with Crippen LogP contribution in [0.4, 0.5) is 0 Å². The Hall–Kier alpha value is -4.12. The number of hydroxylamine groups is 1. The molecule has 3 amide bonds. The molecule has 3 aromatic rings. The van der Waals surface area contributed by atoms with Crippen LogP contribution in [0.1, 0.15) is 54.1 Å². The van der Waals surface area contributed by atoms with Gasteiger partial charge in [0.1, 0.15) is 11.7 Å². The number of nitrogens with two attached hydrogens (primary N) is 1. The first-order chi connectivity index (χ1) is 19.9. The molecule has 0 saturated heterocycles. The van der Waals surface area contributed by atoms with Crippen molar-refractivity contribution in [2.75, 3.05) is 6.54 Å². The highest BCUT2D eigenvalue weighted by Crippen LogP contribution is 2.53. The molecule has 0 aliphatic heterocycles. The minimum absolute atomic E-state index is 0.106. The standard InChI is InChI=1S/C31H35N5O5/c32-28(38)17-16-26(35-29(39)25-15-14-21-10-4-7-13-24(21)34-25)30(40)36-31(18-23(31)20-8-2-1-3-9-20)27(37)19-33-41-22-11-5-6-12-22/h1-4,7-10,13-17,22-23,26-27,33,37H,5-6,11-12,18-19H2,(H2,32,38)(H,35,39)(H,36,40)/b17-16+/t23-,26?,27+,31?/m0/s1. The number of rotatable bonds is 12. The fourth-order valence-corrected chi connectivity index (χ4v) is 5.51. The van der Waals surface area contributed by atoms with Crippen molar-refractivity contribution in [3.05, 3.63) is 90.1 Å². The van der Waals surface area contributed by atoms with E-state index in [1.54, 1.807) is 18.2 Å². The van der Waals surface area contributed by atoms with Crippen molar-refractivity contribution in [2.45, 2.75) is 61.8 Å². The third-order valence-corrected chi connectivity index (χ3v) is 7.84. The minimum atomic E-state index is -1.24. The first kappa shape index (κ1) is 28.4. The van der Waals surface area contributed by atoms with Gasteiger partial charge in [-0.25, -0.2) is 4.98 Å². The maximum absolute atomic E-state index is 13.6. The van der Waals surface area contributed by atoms with Gasteiger partial charge in [-0.05, 0) is 43.0 Å². The van der Waals surface area contributed by atoms with Crippen molar-refractivity contribution in [3.63, 3.8) is 0 Å². The average Bonchev–Trinajstić information content (AvgIpc) is 3.47. The van der Waals surface area contributed by atoms with Crippen LogP contribution in [0.3, 0.4) is 0 Å². The highest BCUT2D eigenvalue weighted by molar-refractivity contribution is 5.99. The van der Waals surface area contributed by atoms with E-state index in [1.165, 1.54) is 6.08 Å². The number of benzene rings is 2. The first-order valence-electron chi connectivity index (χ1n) is 13.9. The highest BCUT2D eigenvalue weighted by Gasteiger charge is 2.60. The second-order valence-electron chi connectivity index (χ2n) is 10.7. The fraction of sp³-hybridized carbons (Fsp3) is 0.355. The van der Waals surface area contributed by atoms with E-state index in [0.29, 0.717) is 11.9 Å². The zero-order valence-corrected chi connectivity index (χ0v) is 22.7. The lowest BCUT2D eigenvalue weighted by molar-refractivity contribution is -0.124. The Morgan fingerprint density at radius 2 is 1.78 bits per heavy atom. The molecule has 2 aromatic carbocycles. The lowest BCUT2D eigenvalue weighted by atomic mass is 10.00. The predicted molar refractivity (Wildman–Crippen MR) is 153 cm³/mol. The monoisotopic (exact) mass is 557 g/mol. The Bertz CT molecular complexity index is 1420. The van der Waals surface area contributed by atoms with Crippen LogP contribution >= 0.6 is 0 Å². The number of nitrogens with one attached hydrogen (secondary N) is 3. The Balaban J connectivity index is 1.33. The van der Waals surface area contributed by atoms with Gasteiger partial charge in [-0.1, -0.05) is 67.4 Å². The number of hydrogen-bond donors (Lipinski definition) is 5. The average molecular weight is 558 g/mol. The Morgan fingerprint density at radius 3 is 2.54 bits per heavy atom. The molecule has 2 saturated carbocycles. The van der Waals surface area contributed by atoms with Gasteiger partial charge in [0, 0.05) is 23.9 Å². The van der Waals surface area contributed by atoms with Gasteiger partial charge in [-0.15, -0.1) is 0 Å². The normalized spacial score (nSPS) is 21.9. The maximum Gasteiger partial charge on any atom is 0.270 e. The van der Waals surface area contributed by atoms with Gasteiger partial charge in [-0.3, -0.25) is 19.2 Å². The molecule has 0 bridgehead atoms. The van der Waals surface area contributed by atoms with E-state index in [4.69, 9.17) is 10.6 Å². The second kappa shape index (κ2) is 12.6. The van der Waals surface area contributed by atoms with Crippen LogP contribution in [-0.4, -0.2) is 58.1 Å². The minimum Gasteiger partial charge on any atom is -0.389 e. The third kappa shape index (κ3) is 6.79. The zero-order valence-electron chi connectivity index (χ0n) is 22.7. The summed E-state index contributed by atoms with van der Waals surface area (Å²) in [5.74, 6) is -2.11. The number of fused-ring (bicyclic) bond motifs is 1. The lowest BCUT2D eigenvalue weighted by Crippen LogP contribution is -2.56. The molecule has 1 aromatic heterocycles. The Kier molecular flexibility index (Phi) is 8.72. The van der Waals surface area contributed by atoms with Crippen LogP contribution in [0, 0.1) is 0 Å². The number of primary amides is 1. The summed E-state index contributed by atoms with van der Waals surface area (Å²) >= 11 is 0. The number of hydrogen-bond acceptors (Lipinski definition) is 7. The topological polar surface area (TPSA) is 156 Å². The number of aliphatic hydroxyl groups excluding tert-OH is 1. The van der Waals surface area contributed by atoms with Crippen LogP contribution < -0.4 is 21.8 Å². The second-order valence-corrected chi connectivity index (χ2v) is 10.7. The molecule has 2 aliphatic carbocycles. The number of carbonyl (C=O) groups is 3. The summed E-state index contributed by atoms with van der Waals surface area (Å²) in [7, 11) is 0. The molecular formula is C31H35N5O5. The van der Waals surface area contributed by atoms with E-state index in [0.717, 1.165) is 42.7 Å². The van der Waals surface area contributed by atoms with Gasteiger partial charge < -0.3 is 21.5 Å². The molecule has 10 heteroatoms. The van der Waals surface area contributed by atoms with Crippen LogP contribution in [-0.2, 0) is 14.4 Å². The molecule has 2 unspecified atom stereocenters. The Labute approximate surface area is 238 Å². The third-order valence-electron chi connectivity index (χ3n) is 7.84. The quantitative estimate of drug-likeness (QED) is 0.169. The van der Waals surface area contributed by atoms with Crippen molar-refractivity contribution >= 4 is 28.6 Å². The predicted octanol–water partition coefficient (Wildman–Crippen LogP) is 2.24. The summed E-state index contributed by atoms with van der Waals surface area (Å²) in [5.41, 5.74) is 8.91. The summed E-state index contributed by atoms with van der Waals surface area (Å²) in [6.45, 7) is 0.106. The van der Waals surface area contributed by atoms with E-state index < -0.39 is 35.4 Å². The molecule has 214 valence electrons. The largest absolute Gasteiger partial charge is 0.389 e. The Morgan fingerprint density at radius 1 is 1.05 bits per heavy atom.